The van der Waals surface area contributed by atoms with Gasteiger partial charge in [0.25, 0.3) is 0 Å². The van der Waals surface area contributed by atoms with E-state index in [9.17, 15) is 0 Å². The van der Waals surface area contributed by atoms with Crippen LogP contribution in [0.4, 0.5) is 0 Å². The van der Waals surface area contributed by atoms with E-state index < -0.39 is 0 Å². The Morgan fingerprint density at radius 2 is 2.33 bits per heavy atom. The van der Waals surface area contributed by atoms with Crippen molar-refractivity contribution in [2.24, 2.45) is 0 Å². The molecule has 1 aromatic rings. The molecule has 82 valence electrons. The first-order valence-corrected chi connectivity index (χ1v) is 5.44. The Labute approximate surface area is 90.4 Å². The molecule has 0 aromatic heterocycles. The second kappa shape index (κ2) is 5.14. The number of morpholine rings is 1. The molecule has 0 amide bonds. The Hall–Kier alpha value is -1.06. The lowest BCUT2D eigenvalue weighted by molar-refractivity contribution is 0.0758. The smallest absolute Gasteiger partial charge is 0.124 e. The van der Waals surface area contributed by atoms with Crippen LogP contribution in [0.5, 0.6) is 5.75 Å². The molecule has 1 aromatic carbocycles. The Morgan fingerprint density at radius 3 is 3.07 bits per heavy atom. The minimum Gasteiger partial charge on any atom is -0.494 e. The van der Waals surface area contributed by atoms with Crippen molar-refractivity contribution in [2.45, 2.75) is 13.0 Å². The first-order chi connectivity index (χ1) is 7.42. The molecule has 0 saturated carbocycles. The summed E-state index contributed by atoms with van der Waals surface area (Å²) in [6.07, 6.45) is 0. The third kappa shape index (κ3) is 2.49. The summed E-state index contributed by atoms with van der Waals surface area (Å²) in [5.41, 5.74) is 1.19. The van der Waals surface area contributed by atoms with Gasteiger partial charge in [-0.05, 0) is 13.0 Å². The maximum atomic E-state index is 5.59. The van der Waals surface area contributed by atoms with Gasteiger partial charge in [0.15, 0.2) is 0 Å². The summed E-state index contributed by atoms with van der Waals surface area (Å²) in [6, 6.07) is 8.40. The number of nitrogens with one attached hydrogen (secondary N) is 1. The molecule has 1 aliphatic rings. The lowest BCUT2D eigenvalue weighted by atomic mass is 10.1. The third-order valence-electron chi connectivity index (χ3n) is 2.52. The Kier molecular flexibility index (Phi) is 3.59. The fourth-order valence-corrected chi connectivity index (χ4v) is 1.82. The Morgan fingerprint density at radius 1 is 1.47 bits per heavy atom. The summed E-state index contributed by atoms with van der Waals surface area (Å²) in [6.45, 7) is 5.13. The van der Waals surface area contributed by atoms with Crippen LogP contribution in [0.3, 0.4) is 0 Å². The largest absolute Gasteiger partial charge is 0.494 e. The van der Waals surface area contributed by atoms with Gasteiger partial charge in [-0.1, -0.05) is 18.2 Å². The van der Waals surface area contributed by atoms with Crippen molar-refractivity contribution in [3.63, 3.8) is 0 Å². The normalized spacial score (nSPS) is 21.3. The molecule has 1 fully saturated rings. The molecule has 1 heterocycles. The number of para-hydroxylation sites is 1. The molecule has 0 bridgehead atoms. The number of ether oxygens (including phenoxy) is 2. The second-order valence-corrected chi connectivity index (χ2v) is 3.55. The fourth-order valence-electron chi connectivity index (χ4n) is 1.82. The van der Waals surface area contributed by atoms with Crippen molar-refractivity contribution >= 4 is 0 Å². The summed E-state index contributed by atoms with van der Waals surface area (Å²) in [5.74, 6) is 0.961. The molecule has 1 atom stereocenters. The van der Waals surface area contributed by atoms with E-state index in [1.165, 1.54) is 5.56 Å². The summed E-state index contributed by atoms with van der Waals surface area (Å²) < 4.78 is 11.0. The monoisotopic (exact) mass is 207 g/mol. The van der Waals surface area contributed by atoms with Crippen LogP contribution >= 0.6 is 0 Å². The molecular formula is C12H17NO2. The highest BCUT2D eigenvalue weighted by molar-refractivity contribution is 5.36. The molecule has 15 heavy (non-hydrogen) atoms. The zero-order chi connectivity index (χ0) is 10.5. The van der Waals surface area contributed by atoms with Crippen LogP contribution in [0.15, 0.2) is 24.3 Å². The predicted octanol–water partition coefficient (Wildman–Crippen LogP) is 1.75. The highest BCUT2D eigenvalue weighted by Crippen LogP contribution is 2.26. The molecule has 0 radical (unpaired) electrons. The Bertz CT molecular complexity index is 308. The second-order valence-electron chi connectivity index (χ2n) is 3.55. The topological polar surface area (TPSA) is 30.5 Å². The molecule has 0 aliphatic carbocycles. The van der Waals surface area contributed by atoms with Gasteiger partial charge in [-0.15, -0.1) is 0 Å². The average Bonchev–Trinajstić information content (AvgIpc) is 2.31. The van der Waals surface area contributed by atoms with E-state index in [2.05, 4.69) is 11.4 Å². The van der Waals surface area contributed by atoms with Gasteiger partial charge in [-0.2, -0.15) is 0 Å². The van der Waals surface area contributed by atoms with E-state index in [4.69, 9.17) is 9.47 Å². The average molecular weight is 207 g/mol. The zero-order valence-electron chi connectivity index (χ0n) is 9.03. The lowest BCUT2D eigenvalue weighted by Gasteiger charge is -2.25. The van der Waals surface area contributed by atoms with Crippen molar-refractivity contribution in [3.05, 3.63) is 29.8 Å². The molecular weight excluding hydrogens is 190 g/mol. The van der Waals surface area contributed by atoms with Gasteiger partial charge in [0.05, 0.1) is 25.9 Å². The van der Waals surface area contributed by atoms with Crippen molar-refractivity contribution in [1.82, 2.24) is 5.32 Å². The van der Waals surface area contributed by atoms with E-state index in [1.807, 2.05) is 25.1 Å². The molecule has 3 heteroatoms. The first-order valence-electron chi connectivity index (χ1n) is 5.44. The van der Waals surface area contributed by atoms with Gasteiger partial charge in [-0.25, -0.2) is 0 Å². The van der Waals surface area contributed by atoms with Crippen LogP contribution in [0.25, 0.3) is 0 Å². The molecule has 1 N–H and O–H groups in total. The van der Waals surface area contributed by atoms with Gasteiger partial charge in [-0.3, -0.25) is 0 Å². The van der Waals surface area contributed by atoms with Gasteiger partial charge in [0.2, 0.25) is 0 Å². The van der Waals surface area contributed by atoms with Gasteiger partial charge in [0.1, 0.15) is 5.75 Å². The summed E-state index contributed by atoms with van der Waals surface area (Å²) in [5, 5.41) is 3.43. The fraction of sp³-hybridized carbons (Fsp3) is 0.500. The number of hydrogen-bond donors (Lipinski definition) is 1. The molecule has 1 aliphatic heterocycles. The quantitative estimate of drug-likeness (QED) is 0.819. The zero-order valence-corrected chi connectivity index (χ0v) is 9.03. The summed E-state index contributed by atoms with van der Waals surface area (Å²) in [7, 11) is 0. The minimum atomic E-state index is 0.265. The Balaban J connectivity index is 2.17. The predicted molar refractivity (Wildman–Crippen MR) is 59.2 cm³/mol. The lowest BCUT2D eigenvalue weighted by Crippen LogP contribution is -2.34. The van der Waals surface area contributed by atoms with Gasteiger partial charge < -0.3 is 14.8 Å². The highest BCUT2D eigenvalue weighted by atomic mass is 16.5. The standard InChI is InChI=1S/C12H17NO2/c1-2-15-12-6-4-3-5-10(12)11-9-14-8-7-13-11/h3-6,11,13H,2,7-9H2,1H3. The first kappa shape index (κ1) is 10.5. The van der Waals surface area contributed by atoms with Gasteiger partial charge in [0, 0.05) is 12.1 Å². The van der Waals surface area contributed by atoms with Crippen LogP contribution in [0.2, 0.25) is 0 Å². The summed E-state index contributed by atoms with van der Waals surface area (Å²) >= 11 is 0. The molecule has 2 rings (SSSR count). The molecule has 1 saturated heterocycles. The van der Waals surface area contributed by atoms with E-state index in [-0.39, 0.29) is 6.04 Å². The van der Waals surface area contributed by atoms with Crippen molar-refractivity contribution < 1.29 is 9.47 Å². The maximum absolute atomic E-state index is 5.59. The van der Waals surface area contributed by atoms with Crippen molar-refractivity contribution in [3.8, 4) is 5.75 Å². The minimum absolute atomic E-state index is 0.265. The van der Waals surface area contributed by atoms with Crippen molar-refractivity contribution in [2.75, 3.05) is 26.4 Å². The third-order valence-corrected chi connectivity index (χ3v) is 2.52. The van der Waals surface area contributed by atoms with E-state index >= 15 is 0 Å². The molecule has 1 unspecified atom stereocenters. The van der Waals surface area contributed by atoms with E-state index in [0.29, 0.717) is 6.61 Å². The van der Waals surface area contributed by atoms with Crippen LogP contribution in [0.1, 0.15) is 18.5 Å². The summed E-state index contributed by atoms with van der Waals surface area (Å²) in [4.78, 5) is 0. The SMILES string of the molecule is CCOc1ccccc1C1COCCN1. The highest BCUT2D eigenvalue weighted by Gasteiger charge is 2.18. The van der Waals surface area contributed by atoms with Crippen molar-refractivity contribution in [1.29, 1.82) is 0 Å². The van der Waals surface area contributed by atoms with E-state index in [1.54, 1.807) is 0 Å². The molecule has 3 nitrogen and oxygen atoms in total. The van der Waals surface area contributed by atoms with Crippen LogP contribution in [-0.4, -0.2) is 26.4 Å². The molecule has 0 spiro atoms. The van der Waals surface area contributed by atoms with Crippen LogP contribution in [-0.2, 0) is 4.74 Å². The van der Waals surface area contributed by atoms with Crippen LogP contribution in [0, 0.1) is 0 Å². The number of benzene rings is 1. The van der Waals surface area contributed by atoms with E-state index in [0.717, 1.165) is 25.5 Å². The number of hydrogen-bond acceptors (Lipinski definition) is 3. The van der Waals surface area contributed by atoms with Crippen LogP contribution < -0.4 is 10.1 Å². The number of rotatable bonds is 3. The maximum Gasteiger partial charge on any atom is 0.124 e. The van der Waals surface area contributed by atoms with Gasteiger partial charge >= 0.3 is 0 Å².